The Morgan fingerprint density at radius 3 is 2.90 bits per heavy atom. The predicted molar refractivity (Wildman–Crippen MR) is 75.9 cm³/mol. The lowest BCUT2D eigenvalue weighted by atomic mass is 10.4. The van der Waals surface area contributed by atoms with Gasteiger partial charge in [0.25, 0.3) is 10.0 Å². The van der Waals surface area contributed by atoms with Gasteiger partial charge in [-0.25, -0.2) is 13.1 Å². The Bertz CT molecular complexity index is 636. The highest BCUT2D eigenvalue weighted by atomic mass is 32.2. The maximum Gasteiger partial charge on any atom is 0.274 e. The van der Waals surface area contributed by atoms with Crippen LogP contribution in [0.4, 0.5) is 0 Å². The second-order valence-electron chi connectivity index (χ2n) is 4.46. The van der Waals surface area contributed by atoms with Crippen molar-refractivity contribution in [3.8, 4) is 0 Å². The number of sulfonamides is 1. The van der Waals surface area contributed by atoms with E-state index >= 15 is 0 Å². The van der Waals surface area contributed by atoms with Gasteiger partial charge >= 0.3 is 0 Å². The first-order chi connectivity index (χ1) is 10.1. The fourth-order valence-corrected chi connectivity index (χ4v) is 2.67. The van der Waals surface area contributed by atoms with Crippen molar-refractivity contribution >= 4 is 10.0 Å². The molecule has 0 aliphatic heterocycles. The van der Waals surface area contributed by atoms with Crippen LogP contribution in [0.1, 0.15) is 19.1 Å². The second kappa shape index (κ2) is 7.34. The van der Waals surface area contributed by atoms with Crippen LogP contribution in [-0.4, -0.2) is 36.5 Å². The van der Waals surface area contributed by atoms with Gasteiger partial charge < -0.3 is 9.73 Å². The molecule has 116 valence electrons. The molecule has 0 aliphatic carbocycles. The van der Waals surface area contributed by atoms with Gasteiger partial charge in [-0.3, -0.25) is 4.68 Å². The van der Waals surface area contributed by atoms with E-state index in [2.05, 4.69) is 27.3 Å². The molecule has 0 saturated carbocycles. The van der Waals surface area contributed by atoms with E-state index in [9.17, 15) is 8.42 Å². The maximum absolute atomic E-state index is 12.0. The number of furan rings is 1. The molecule has 0 aliphatic rings. The van der Waals surface area contributed by atoms with Crippen molar-refractivity contribution in [1.29, 1.82) is 0 Å². The molecule has 0 unspecified atom stereocenters. The fraction of sp³-hybridized carbons (Fsp3) is 0.500. The third-order valence-corrected chi connectivity index (χ3v) is 4.07. The van der Waals surface area contributed by atoms with E-state index in [0.29, 0.717) is 18.8 Å². The van der Waals surface area contributed by atoms with Crippen molar-refractivity contribution in [3.63, 3.8) is 0 Å². The van der Waals surface area contributed by atoms with Crippen molar-refractivity contribution in [3.05, 3.63) is 30.3 Å². The van der Waals surface area contributed by atoms with Crippen LogP contribution in [-0.2, 0) is 23.1 Å². The molecule has 9 heteroatoms. The molecule has 8 nitrogen and oxygen atoms in total. The Kier molecular flexibility index (Phi) is 5.48. The van der Waals surface area contributed by atoms with E-state index in [1.54, 1.807) is 16.9 Å². The highest BCUT2D eigenvalue weighted by Crippen LogP contribution is 2.13. The van der Waals surface area contributed by atoms with Gasteiger partial charge in [0.2, 0.25) is 5.09 Å². The van der Waals surface area contributed by atoms with Gasteiger partial charge in [0.1, 0.15) is 5.76 Å². The first kappa shape index (κ1) is 15.7. The van der Waals surface area contributed by atoms with Gasteiger partial charge in [-0.05, 0) is 25.1 Å². The molecule has 0 amide bonds. The van der Waals surface area contributed by atoms with Crippen molar-refractivity contribution in [2.45, 2.75) is 31.5 Å². The molecule has 0 saturated heterocycles. The van der Waals surface area contributed by atoms with E-state index in [4.69, 9.17) is 4.42 Å². The number of hydrogen-bond donors (Lipinski definition) is 2. The molecule has 2 rings (SSSR count). The lowest BCUT2D eigenvalue weighted by molar-refractivity contribution is 0.399. The third-order valence-electron chi connectivity index (χ3n) is 2.73. The summed E-state index contributed by atoms with van der Waals surface area (Å²) in [5.41, 5.74) is 0. The highest BCUT2D eigenvalue weighted by Gasteiger charge is 2.18. The van der Waals surface area contributed by atoms with Crippen LogP contribution < -0.4 is 10.0 Å². The highest BCUT2D eigenvalue weighted by molar-refractivity contribution is 7.89. The van der Waals surface area contributed by atoms with Gasteiger partial charge in [-0.2, -0.15) is 0 Å². The first-order valence-corrected chi connectivity index (χ1v) is 8.23. The Hall–Kier alpha value is -1.71. The Morgan fingerprint density at radius 2 is 2.19 bits per heavy atom. The Morgan fingerprint density at radius 1 is 1.33 bits per heavy atom. The van der Waals surface area contributed by atoms with Crippen LogP contribution >= 0.6 is 0 Å². The number of aromatic nitrogens is 3. The van der Waals surface area contributed by atoms with E-state index < -0.39 is 10.0 Å². The summed E-state index contributed by atoms with van der Waals surface area (Å²) in [4.78, 5) is 0. The van der Waals surface area contributed by atoms with Crippen molar-refractivity contribution in [2.75, 3.05) is 13.1 Å². The molecule has 0 spiro atoms. The summed E-state index contributed by atoms with van der Waals surface area (Å²) < 4.78 is 33.4. The molecule has 0 radical (unpaired) electrons. The lowest BCUT2D eigenvalue weighted by Crippen LogP contribution is -2.27. The first-order valence-electron chi connectivity index (χ1n) is 6.75. The zero-order chi connectivity index (χ0) is 15.1. The fourth-order valence-electron chi connectivity index (χ4n) is 1.70. The molecule has 21 heavy (non-hydrogen) atoms. The summed E-state index contributed by atoms with van der Waals surface area (Å²) in [6, 6.07) is 3.12. The van der Waals surface area contributed by atoms with Crippen molar-refractivity contribution in [2.24, 2.45) is 0 Å². The predicted octanol–water partition coefficient (Wildman–Crippen LogP) is 0.349. The minimum Gasteiger partial charge on any atom is -0.447 e. The minimum absolute atomic E-state index is 0.0746. The normalized spacial score (nSPS) is 11.9. The number of nitrogens with one attached hydrogen (secondary N) is 2. The largest absolute Gasteiger partial charge is 0.447 e. The van der Waals surface area contributed by atoms with Crippen LogP contribution in [0.3, 0.4) is 0 Å². The summed E-state index contributed by atoms with van der Waals surface area (Å²) >= 11 is 0. The summed E-state index contributed by atoms with van der Waals surface area (Å²) in [6.07, 6.45) is 4.21. The number of hydrogen-bond acceptors (Lipinski definition) is 6. The molecule has 2 aromatic rings. The van der Waals surface area contributed by atoms with Crippen LogP contribution in [0.2, 0.25) is 0 Å². The van der Waals surface area contributed by atoms with E-state index in [1.807, 2.05) is 0 Å². The Balaban J connectivity index is 1.86. The molecule has 2 heterocycles. The van der Waals surface area contributed by atoms with Crippen LogP contribution in [0.25, 0.3) is 0 Å². The molecule has 0 fully saturated rings. The zero-order valence-electron chi connectivity index (χ0n) is 11.8. The topological polar surface area (TPSA) is 102 Å². The van der Waals surface area contributed by atoms with Gasteiger partial charge in [0, 0.05) is 12.7 Å². The summed E-state index contributed by atoms with van der Waals surface area (Å²) in [5, 5.41) is 10.5. The van der Waals surface area contributed by atoms with Crippen LogP contribution in [0, 0.1) is 0 Å². The van der Waals surface area contributed by atoms with Gasteiger partial charge in [0.15, 0.2) is 0 Å². The average Bonchev–Trinajstić information content (AvgIpc) is 3.10. The molecular formula is C12H19N5O3S. The third kappa shape index (κ3) is 4.66. The zero-order valence-corrected chi connectivity index (χ0v) is 12.6. The van der Waals surface area contributed by atoms with E-state index in [1.165, 1.54) is 12.3 Å². The smallest absolute Gasteiger partial charge is 0.274 e. The standard InChI is InChI=1S/C12H19N5O3S/c1-2-5-13-10-11-3-4-12(20-11)21(18,19)15-7-9-17-8-6-14-16-17/h3-4,6,8,13,15H,2,5,7,9-10H2,1H3. The quantitative estimate of drug-likeness (QED) is 0.648. The minimum atomic E-state index is -3.63. The van der Waals surface area contributed by atoms with E-state index in [-0.39, 0.29) is 11.6 Å². The molecule has 2 aromatic heterocycles. The van der Waals surface area contributed by atoms with Crippen LogP contribution in [0.5, 0.6) is 0 Å². The SMILES string of the molecule is CCCNCc1ccc(S(=O)(=O)NCCn2ccnn2)o1. The lowest BCUT2D eigenvalue weighted by Gasteiger charge is -2.04. The van der Waals surface area contributed by atoms with Gasteiger partial charge in [-0.15, -0.1) is 5.10 Å². The summed E-state index contributed by atoms with van der Waals surface area (Å²) in [7, 11) is -3.63. The molecule has 0 atom stereocenters. The van der Waals surface area contributed by atoms with Crippen molar-refractivity contribution < 1.29 is 12.8 Å². The van der Waals surface area contributed by atoms with Crippen LogP contribution in [0.15, 0.2) is 34.0 Å². The molecule has 0 bridgehead atoms. The monoisotopic (exact) mass is 313 g/mol. The number of nitrogens with zero attached hydrogens (tertiary/aromatic N) is 3. The molecule has 0 aromatic carbocycles. The summed E-state index contributed by atoms with van der Waals surface area (Å²) in [6.45, 7) is 4.06. The van der Waals surface area contributed by atoms with Crippen molar-refractivity contribution in [1.82, 2.24) is 25.0 Å². The molecule has 2 N–H and O–H groups in total. The average molecular weight is 313 g/mol. The second-order valence-corrected chi connectivity index (χ2v) is 6.16. The van der Waals surface area contributed by atoms with Gasteiger partial charge in [0.05, 0.1) is 19.3 Å². The maximum atomic E-state index is 12.0. The van der Waals surface area contributed by atoms with Gasteiger partial charge in [-0.1, -0.05) is 12.1 Å². The number of rotatable bonds is 9. The summed E-state index contributed by atoms with van der Waals surface area (Å²) in [5.74, 6) is 0.597. The molecular weight excluding hydrogens is 294 g/mol. The Labute approximate surface area is 123 Å². The van der Waals surface area contributed by atoms with E-state index in [0.717, 1.165) is 13.0 Å².